The molecular weight excluding hydrogens is 316 g/mol. The topological polar surface area (TPSA) is 23.6 Å². The second-order valence-electron chi connectivity index (χ2n) is 6.68. The van der Waals surface area contributed by atoms with Crippen molar-refractivity contribution in [3.05, 3.63) is 59.2 Å². The van der Waals surface area contributed by atoms with Crippen LogP contribution < -0.4 is 0 Å². The highest BCUT2D eigenvalue weighted by Gasteiger charge is 2.29. The Morgan fingerprint density at radius 1 is 1.04 bits per heavy atom. The lowest BCUT2D eigenvalue weighted by atomic mass is 9.95. The highest BCUT2D eigenvalue weighted by molar-refractivity contribution is 7.99. The average molecular weight is 338 g/mol. The molecule has 1 atom stereocenters. The van der Waals surface area contributed by atoms with Gasteiger partial charge in [0.2, 0.25) is 0 Å². The van der Waals surface area contributed by atoms with E-state index in [4.69, 9.17) is 0 Å². The van der Waals surface area contributed by atoms with Crippen molar-refractivity contribution >= 4 is 18.0 Å². The summed E-state index contributed by atoms with van der Waals surface area (Å²) in [7, 11) is 2.19. The zero-order chi connectivity index (χ0) is 16.5. The third kappa shape index (κ3) is 3.02. The van der Waals surface area contributed by atoms with Crippen LogP contribution in [0.1, 0.15) is 27.5 Å². The Labute approximate surface area is 147 Å². The predicted molar refractivity (Wildman–Crippen MR) is 97.9 cm³/mol. The first-order chi connectivity index (χ1) is 11.7. The van der Waals surface area contributed by atoms with Crippen molar-refractivity contribution in [2.45, 2.75) is 22.3 Å². The molecule has 4 rings (SSSR count). The van der Waals surface area contributed by atoms with Crippen LogP contribution in [0.3, 0.4) is 0 Å². The molecule has 2 aliphatic heterocycles. The zero-order valence-corrected chi connectivity index (χ0v) is 14.8. The Balaban J connectivity index is 1.77. The fourth-order valence-corrected chi connectivity index (χ4v) is 4.78. The van der Waals surface area contributed by atoms with Gasteiger partial charge in [0.15, 0.2) is 0 Å². The first kappa shape index (κ1) is 15.9. The van der Waals surface area contributed by atoms with Gasteiger partial charge in [0.05, 0.1) is 0 Å². The maximum Gasteiger partial charge on any atom is 0.150 e. The van der Waals surface area contributed by atoms with Crippen molar-refractivity contribution < 1.29 is 4.79 Å². The number of carbonyl (C=O) groups is 1. The molecule has 1 saturated heterocycles. The summed E-state index contributed by atoms with van der Waals surface area (Å²) in [5, 5.41) is 0. The molecular formula is C20H22N2OS. The van der Waals surface area contributed by atoms with E-state index in [-0.39, 0.29) is 0 Å². The van der Waals surface area contributed by atoms with Gasteiger partial charge in [-0.15, -0.1) is 0 Å². The summed E-state index contributed by atoms with van der Waals surface area (Å²) in [6.07, 6.45) is 1.98. The number of nitrogens with zero attached hydrogens (tertiary/aromatic N) is 2. The number of aldehydes is 1. The van der Waals surface area contributed by atoms with Crippen LogP contribution in [0.25, 0.3) is 0 Å². The van der Waals surface area contributed by atoms with Gasteiger partial charge in [-0.2, -0.15) is 0 Å². The Morgan fingerprint density at radius 2 is 1.83 bits per heavy atom. The van der Waals surface area contributed by atoms with Gasteiger partial charge in [-0.05, 0) is 42.8 Å². The van der Waals surface area contributed by atoms with Crippen LogP contribution in [0.15, 0.2) is 52.3 Å². The number of likely N-dealkylation sites (N-methyl/N-ethyl adjacent to an activating group) is 1. The van der Waals surface area contributed by atoms with Crippen LogP contribution in [-0.2, 0) is 6.42 Å². The van der Waals surface area contributed by atoms with Gasteiger partial charge in [0, 0.05) is 47.6 Å². The minimum atomic E-state index is 0.352. The molecule has 1 fully saturated rings. The number of benzene rings is 2. The van der Waals surface area contributed by atoms with Crippen molar-refractivity contribution in [3.8, 4) is 0 Å². The smallest absolute Gasteiger partial charge is 0.150 e. The van der Waals surface area contributed by atoms with E-state index in [1.54, 1.807) is 0 Å². The molecule has 3 nitrogen and oxygen atoms in total. The molecule has 0 aromatic heterocycles. The lowest BCUT2D eigenvalue weighted by molar-refractivity contribution is 0.109. The van der Waals surface area contributed by atoms with Crippen LogP contribution in [0.4, 0.5) is 0 Å². The molecule has 2 aromatic rings. The molecule has 0 unspecified atom stereocenters. The van der Waals surface area contributed by atoms with Gasteiger partial charge in [-0.25, -0.2) is 0 Å². The standard InChI is InChI=1S/C20H22N2OS/c1-21-8-10-22(11-9-21)18-13-16-4-2-3-5-19(16)24-20-7-6-15(14-23)12-17(18)20/h2-7,12,14,18H,8-11,13H2,1H3/t18-/m1/s1. The normalized spacial score (nSPS) is 21.6. The zero-order valence-electron chi connectivity index (χ0n) is 13.9. The third-order valence-electron chi connectivity index (χ3n) is 5.11. The van der Waals surface area contributed by atoms with E-state index in [9.17, 15) is 4.79 Å². The number of carbonyl (C=O) groups excluding carboxylic acids is 1. The molecule has 2 aliphatic rings. The van der Waals surface area contributed by atoms with Crippen LogP contribution in [0.2, 0.25) is 0 Å². The average Bonchev–Trinajstić information content (AvgIpc) is 2.78. The van der Waals surface area contributed by atoms with E-state index in [2.05, 4.69) is 53.2 Å². The predicted octanol–water partition coefficient (Wildman–Crippen LogP) is 3.49. The second-order valence-corrected chi connectivity index (χ2v) is 7.77. The molecule has 0 N–H and O–H groups in total. The minimum absolute atomic E-state index is 0.352. The van der Waals surface area contributed by atoms with Crippen molar-refractivity contribution in [1.29, 1.82) is 0 Å². The van der Waals surface area contributed by atoms with Gasteiger partial charge >= 0.3 is 0 Å². The summed E-state index contributed by atoms with van der Waals surface area (Å²) in [6, 6.07) is 15.2. The fourth-order valence-electron chi connectivity index (χ4n) is 3.66. The SMILES string of the molecule is CN1CCN([C@@H]2Cc3ccccc3Sc3ccc(C=O)cc32)CC1. The van der Waals surface area contributed by atoms with Crippen molar-refractivity contribution in [3.63, 3.8) is 0 Å². The molecule has 124 valence electrons. The van der Waals surface area contributed by atoms with Gasteiger partial charge in [-0.1, -0.05) is 36.0 Å². The Morgan fingerprint density at radius 3 is 2.62 bits per heavy atom. The molecule has 2 aromatic carbocycles. The van der Waals surface area contributed by atoms with Crippen LogP contribution in [-0.4, -0.2) is 49.3 Å². The number of rotatable bonds is 2. The van der Waals surface area contributed by atoms with Crippen LogP contribution in [0, 0.1) is 0 Å². The molecule has 0 saturated carbocycles. The lowest BCUT2D eigenvalue weighted by Gasteiger charge is -2.38. The second kappa shape index (κ2) is 6.71. The molecule has 0 bridgehead atoms. The van der Waals surface area contributed by atoms with E-state index >= 15 is 0 Å². The summed E-state index contributed by atoms with van der Waals surface area (Å²) >= 11 is 1.84. The maximum atomic E-state index is 11.3. The maximum absolute atomic E-state index is 11.3. The fraction of sp³-hybridized carbons (Fsp3) is 0.350. The minimum Gasteiger partial charge on any atom is -0.304 e. The van der Waals surface area contributed by atoms with Gasteiger partial charge in [0.25, 0.3) is 0 Å². The lowest BCUT2D eigenvalue weighted by Crippen LogP contribution is -2.46. The molecule has 0 amide bonds. The van der Waals surface area contributed by atoms with Crippen molar-refractivity contribution in [2.24, 2.45) is 0 Å². The van der Waals surface area contributed by atoms with Crippen molar-refractivity contribution in [1.82, 2.24) is 9.80 Å². The summed E-state index contributed by atoms with van der Waals surface area (Å²) in [6.45, 7) is 4.37. The largest absolute Gasteiger partial charge is 0.304 e. The third-order valence-corrected chi connectivity index (χ3v) is 6.32. The van der Waals surface area contributed by atoms with Gasteiger partial charge < -0.3 is 4.90 Å². The molecule has 24 heavy (non-hydrogen) atoms. The highest BCUT2D eigenvalue weighted by Crippen LogP contribution is 2.43. The van der Waals surface area contributed by atoms with Crippen LogP contribution >= 0.6 is 11.8 Å². The first-order valence-electron chi connectivity index (χ1n) is 8.52. The van der Waals surface area contributed by atoms with E-state index in [1.807, 2.05) is 17.8 Å². The molecule has 4 heteroatoms. The molecule has 2 heterocycles. The first-order valence-corrected chi connectivity index (χ1v) is 9.34. The molecule has 0 aliphatic carbocycles. The summed E-state index contributed by atoms with van der Waals surface area (Å²) < 4.78 is 0. The van der Waals surface area contributed by atoms with Gasteiger partial charge in [-0.3, -0.25) is 9.69 Å². The van der Waals surface area contributed by atoms with Crippen molar-refractivity contribution in [2.75, 3.05) is 33.2 Å². The summed E-state index contributed by atoms with van der Waals surface area (Å²) in [5.74, 6) is 0. The Hall–Kier alpha value is -1.62. The summed E-state index contributed by atoms with van der Waals surface area (Å²) in [5.41, 5.74) is 3.50. The molecule has 0 radical (unpaired) electrons. The summed E-state index contributed by atoms with van der Waals surface area (Å²) in [4.78, 5) is 18.9. The number of piperazine rings is 1. The Kier molecular flexibility index (Phi) is 4.44. The van der Waals surface area contributed by atoms with E-state index in [1.165, 1.54) is 20.9 Å². The van der Waals surface area contributed by atoms with Gasteiger partial charge in [0.1, 0.15) is 6.29 Å². The number of hydrogen-bond donors (Lipinski definition) is 0. The van der Waals surface area contributed by atoms with Crippen LogP contribution in [0.5, 0.6) is 0 Å². The van der Waals surface area contributed by atoms with E-state index in [0.29, 0.717) is 6.04 Å². The quantitative estimate of drug-likeness (QED) is 0.782. The van der Waals surface area contributed by atoms with E-state index in [0.717, 1.165) is 44.4 Å². The molecule has 0 spiro atoms. The highest BCUT2D eigenvalue weighted by atomic mass is 32.2. The Bertz CT molecular complexity index is 753. The number of fused-ring (bicyclic) bond motifs is 2. The number of hydrogen-bond acceptors (Lipinski definition) is 4. The van der Waals surface area contributed by atoms with E-state index < -0.39 is 0 Å². The monoisotopic (exact) mass is 338 g/mol.